The summed E-state index contributed by atoms with van der Waals surface area (Å²) in [5.74, 6) is -1.57. The van der Waals surface area contributed by atoms with Gasteiger partial charge >= 0.3 is 11.9 Å². The molecule has 1 rings (SSSR count). The highest BCUT2D eigenvalue weighted by Crippen LogP contribution is 2.27. The number of hydrogen-bond acceptors (Lipinski definition) is 7. The van der Waals surface area contributed by atoms with E-state index in [9.17, 15) is 14.4 Å². The van der Waals surface area contributed by atoms with Gasteiger partial charge in [-0.15, -0.1) is 0 Å². The Morgan fingerprint density at radius 1 is 1.08 bits per heavy atom. The Morgan fingerprint density at radius 2 is 1.71 bits per heavy atom. The van der Waals surface area contributed by atoms with E-state index in [2.05, 4.69) is 5.32 Å². The van der Waals surface area contributed by atoms with Crippen molar-refractivity contribution in [2.45, 2.75) is 34.1 Å². The van der Waals surface area contributed by atoms with Crippen LogP contribution >= 0.6 is 0 Å². The van der Waals surface area contributed by atoms with Crippen LogP contribution in [0.15, 0.2) is 18.2 Å². The average Bonchev–Trinajstić information content (AvgIpc) is 2.46. The highest BCUT2D eigenvalue weighted by molar-refractivity contribution is 5.89. The molecule has 1 aromatic carbocycles. The number of benzene rings is 1. The first-order valence-corrected chi connectivity index (χ1v) is 7.49. The number of nitrogens with zero attached hydrogens (tertiary/aromatic N) is 1. The Morgan fingerprint density at radius 3 is 2.21 bits per heavy atom. The summed E-state index contributed by atoms with van der Waals surface area (Å²) in [7, 11) is 0. The normalized spacial score (nSPS) is 10.0. The molecule has 0 spiro atoms. The molecule has 8 heteroatoms. The fourth-order valence-electron chi connectivity index (χ4n) is 1.90. The lowest BCUT2D eigenvalue weighted by molar-refractivity contribution is -0.171. The summed E-state index contributed by atoms with van der Waals surface area (Å²) in [6.07, 6.45) is 0.503. The van der Waals surface area contributed by atoms with Crippen LogP contribution in [0.5, 0.6) is 0 Å². The molecule has 0 radical (unpaired) electrons. The zero-order chi connectivity index (χ0) is 18.1. The summed E-state index contributed by atoms with van der Waals surface area (Å²) in [5, 5.41) is 3.37. The van der Waals surface area contributed by atoms with E-state index in [4.69, 9.17) is 14.4 Å². The molecule has 132 valence electrons. The van der Waals surface area contributed by atoms with Crippen LogP contribution in [0.3, 0.4) is 0 Å². The second kappa shape index (κ2) is 9.51. The third-order valence-corrected chi connectivity index (χ3v) is 2.75. The Balaban J connectivity index is 3.19. The van der Waals surface area contributed by atoms with Crippen molar-refractivity contribution < 1.29 is 28.8 Å². The molecule has 1 amide bonds. The topological polar surface area (TPSA) is 94.2 Å². The van der Waals surface area contributed by atoms with Gasteiger partial charge in [-0.05, 0) is 36.3 Å². The third-order valence-electron chi connectivity index (χ3n) is 2.75. The van der Waals surface area contributed by atoms with Crippen LogP contribution < -0.4 is 10.5 Å². The van der Waals surface area contributed by atoms with Gasteiger partial charge in [-0.3, -0.25) is 4.79 Å². The lowest BCUT2D eigenvalue weighted by atomic mass is 10.1. The third kappa shape index (κ3) is 6.66. The Hall–Kier alpha value is -2.61. The zero-order valence-corrected chi connectivity index (χ0v) is 14.3. The maximum atomic E-state index is 11.3. The quantitative estimate of drug-likeness (QED) is 0.572. The fraction of sp³-hybridized carbons (Fsp3) is 0.438. The summed E-state index contributed by atoms with van der Waals surface area (Å²) >= 11 is 0. The fourth-order valence-corrected chi connectivity index (χ4v) is 1.90. The van der Waals surface area contributed by atoms with E-state index in [0.29, 0.717) is 31.0 Å². The second-order valence-electron chi connectivity index (χ2n) is 4.89. The molecular formula is C16H22N2O6. The van der Waals surface area contributed by atoms with Crippen molar-refractivity contribution in [2.24, 2.45) is 0 Å². The van der Waals surface area contributed by atoms with Crippen LogP contribution in [0.25, 0.3) is 0 Å². The maximum Gasteiger partial charge on any atom is 0.333 e. The summed E-state index contributed by atoms with van der Waals surface area (Å²) in [6.45, 7) is 6.64. The van der Waals surface area contributed by atoms with Gasteiger partial charge in [-0.1, -0.05) is 6.07 Å². The van der Waals surface area contributed by atoms with Gasteiger partial charge in [0.2, 0.25) is 5.91 Å². The summed E-state index contributed by atoms with van der Waals surface area (Å²) in [6, 6.07) is 4.99. The van der Waals surface area contributed by atoms with Crippen molar-refractivity contribution in [2.75, 3.05) is 23.8 Å². The van der Waals surface area contributed by atoms with Crippen LogP contribution in [0.4, 0.5) is 11.4 Å². The number of nitrogens with one attached hydrogen (secondary N) is 1. The van der Waals surface area contributed by atoms with Crippen molar-refractivity contribution in [3.05, 3.63) is 23.8 Å². The largest absolute Gasteiger partial charge is 0.381 e. The summed E-state index contributed by atoms with van der Waals surface area (Å²) in [4.78, 5) is 43.7. The summed E-state index contributed by atoms with van der Waals surface area (Å²) in [5.41, 5.74) is 1.52. The van der Waals surface area contributed by atoms with Gasteiger partial charge in [-0.2, -0.15) is 0 Å². The average molecular weight is 338 g/mol. The maximum absolute atomic E-state index is 11.3. The number of amides is 1. The van der Waals surface area contributed by atoms with Crippen molar-refractivity contribution in [1.82, 2.24) is 0 Å². The Kier molecular flexibility index (Phi) is 7.70. The van der Waals surface area contributed by atoms with Gasteiger partial charge in [0, 0.05) is 33.1 Å². The Bertz CT molecular complexity index is 586. The van der Waals surface area contributed by atoms with Crippen LogP contribution in [-0.2, 0) is 35.2 Å². The molecule has 0 aliphatic rings. The Labute approximate surface area is 140 Å². The molecule has 0 aromatic heterocycles. The van der Waals surface area contributed by atoms with Gasteiger partial charge in [-0.25, -0.2) is 9.59 Å². The molecule has 1 N–H and O–H groups in total. The zero-order valence-electron chi connectivity index (χ0n) is 14.3. The van der Waals surface area contributed by atoms with Crippen molar-refractivity contribution in [3.63, 3.8) is 0 Å². The predicted octanol–water partition coefficient (Wildman–Crippen LogP) is 1.99. The minimum atomic E-state index is -0.656. The van der Waals surface area contributed by atoms with E-state index < -0.39 is 11.9 Å². The number of ether oxygens (including phenoxy) is 1. The molecule has 0 saturated carbocycles. The number of carbonyl (C=O) groups is 3. The molecule has 24 heavy (non-hydrogen) atoms. The second-order valence-corrected chi connectivity index (χ2v) is 4.89. The van der Waals surface area contributed by atoms with Crippen molar-refractivity contribution >= 4 is 29.2 Å². The van der Waals surface area contributed by atoms with E-state index in [0.717, 1.165) is 10.8 Å². The predicted molar refractivity (Wildman–Crippen MR) is 87.0 cm³/mol. The SMILES string of the molecule is CCOCCc1ccc(NC(C)=O)cc1N(OC(C)=O)OC(C)=O. The number of carbonyl (C=O) groups excluding carboxylic acids is 3. The standard InChI is InChI=1S/C16H22N2O6/c1-5-22-9-8-14-6-7-15(17-11(2)19)10-16(14)18(23-12(3)20)24-13(4)21/h6-7,10H,5,8-9H2,1-4H3,(H,17,19). The first-order chi connectivity index (χ1) is 11.3. The number of rotatable bonds is 8. The molecule has 0 fully saturated rings. The van der Waals surface area contributed by atoms with Gasteiger partial charge in [0.05, 0.1) is 6.61 Å². The smallest absolute Gasteiger partial charge is 0.333 e. The van der Waals surface area contributed by atoms with Crippen LogP contribution in [0.2, 0.25) is 0 Å². The molecule has 0 aliphatic heterocycles. The minimum absolute atomic E-state index is 0.255. The lowest BCUT2D eigenvalue weighted by Gasteiger charge is -2.23. The van der Waals surface area contributed by atoms with E-state index in [-0.39, 0.29) is 5.91 Å². The van der Waals surface area contributed by atoms with Crippen LogP contribution in [0.1, 0.15) is 33.3 Å². The van der Waals surface area contributed by atoms with Gasteiger partial charge in [0.25, 0.3) is 0 Å². The van der Waals surface area contributed by atoms with Gasteiger partial charge in [0.15, 0.2) is 0 Å². The van der Waals surface area contributed by atoms with Crippen LogP contribution in [-0.4, -0.2) is 31.1 Å². The number of anilines is 2. The molecule has 0 aliphatic carbocycles. The highest BCUT2D eigenvalue weighted by Gasteiger charge is 2.19. The first-order valence-electron chi connectivity index (χ1n) is 7.49. The summed E-state index contributed by atoms with van der Waals surface area (Å²) < 4.78 is 5.33. The van der Waals surface area contributed by atoms with Crippen molar-refractivity contribution in [3.8, 4) is 0 Å². The lowest BCUT2D eigenvalue weighted by Crippen LogP contribution is -2.29. The van der Waals surface area contributed by atoms with Crippen molar-refractivity contribution in [1.29, 1.82) is 0 Å². The monoisotopic (exact) mass is 338 g/mol. The molecule has 0 atom stereocenters. The van der Waals surface area contributed by atoms with E-state index in [1.165, 1.54) is 20.8 Å². The molecular weight excluding hydrogens is 316 g/mol. The number of hydrogen-bond donors (Lipinski definition) is 1. The molecule has 0 unspecified atom stereocenters. The minimum Gasteiger partial charge on any atom is -0.381 e. The molecule has 0 saturated heterocycles. The van der Waals surface area contributed by atoms with E-state index >= 15 is 0 Å². The molecule has 1 aromatic rings. The molecule has 8 nitrogen and oxygen atoms in total. The van der Waals surface area contributed by atoms with Crippen LogP contribution in [0, 0.1) is 0 Å². The van der Waals surface area contributed by atoms with E-state index in [1.807, 2.05) is 6.92 Å². The molecule has 0 heterocycles. The van der Waals surface area contributed by atoms with Gasteiger partial charge < -0.3 is 19.7 Å². The van der Waals surface area contributed by atoms with E-state index in [1.54, 1.807) is 18.2 Å². The van der Waals surface area contributed by atoms with Gasteiger partial charge in [0.1, 0.15) is 5.69 Å². The molecule has 0 bridgehead atoms. The first kappa shape index (κ1) is 19.4. The highest BCUT2D eigenvalue weighted by atomic mass is 17.0.